The minimum atomic E-state index is 0. The van der Waals surface area contributed by atoms with Gasteiger partial charge in [0, 0.05) is 24.8 Å². The molecule has 1 amide bonds. The maximum atomic E-state index is 12.7. The zero-order chi connectivity index (χ0) is 14.5. The molecule has 3 aromatic rings. The number of carbonyl (C=O) groups is 1. The Morgan fingerprint density at radius 2 is 1.59 bits per heavy atom. The Hall–Kier alpha value is -2.59. The van der Waals surface area contributed by atoms with Crippen LogP contribution in [0.1, 0.15) is 5.56 Å². The Bertz CT molecular complexity index is 699. The molecule has 2 heterocycles. The molecule has 0 saturated carbocycles. The first-order valence-corrected chi connectivity index (χ1v) is 6.75. The first-order chi connectivity index (χ1) is 10.3. The summed E-state index contributed by atoms with van der Waals surface area (Å²) >= 11 is 0. The van der Waals surface area contributed by atoms with Gasteiger partial charge in [-0.05, 0) is 29.8 Å². The molecule has 0 N–H and O–H groups in total. The number of nitrogens with zero attached hydrogens (tertiary/aromatic N) is 3. The molecular weight excluding hydrogens is 298 g/mol. The Morgan fingerprint density at radius 3 is 2.23 bits per heavy atom. The van der Waals surface area contributed by atoms with Gasteiger partial charge >= 0.3 is 0 Å². The van der Waals surface area contributed by atoms with Crippen molar-refractivity contribution in [3.8, 4) is 0 Å². The van der Waals surface area contributed by atoms with Crippen LogP contribution in [0.3, 0.4) is 0 Å². The SMILES string of the molecule is Cl.O=C(Cc1ccccc1)N(c1ccncc1)n1cccc1. The standard InChI is InChI=1S/C17H15N3O.ClH/c21-17(14-15-6-2-1-3-7-15)20(19-12-4-5-13-19)16-8-10-18-11-9-16;/h1-13H,14H2;1H. The number of amides is 1. The highest BCUT2D eigenvalue weighted by Crippen LogP contribution is 2.16. The third-order valence-corrected chi connectivity index (χ3v) is 3.16. The summed E-state index contributed by atoms with van der Waals surface area (Å²) in [5, 5.41) is 1.65. The van der Waals surface area contributed by atoms with Gasteiger partial charge in [0.25, 0.3) is 5.91 Å². The first-order valence-electron chi connectivity index (χ1n) is 6.75. The zero-order valence-electron chi connectivity index (χ0n) is 11.9. The van der Waals surface area contributed by atoms with Gasteiger partial charge in [-0.2, -0.15) is 0 Å². The topological polar surface area (TPSA) is 38.1 Å². The molecule has 2 aromatic heterocycles. The second kappa shape index (κ2) is 7.43. The third-order valence-electron chi connectivity index (χ3n) is 3.16. The number of rotatable bonds is 4. The fourth-order valence-electron chi connectivity index (χ4n) is 2.20. The van der Waals surface area contributed by atoms with Gasteiger partial charge in [-0.3, -0.25) is 14.5 Å². The van der Waals surface area contributed by atoms with Crippen molar-refractivity contribution in [2.24, 2.45) is 0 Å². The first kappa shape index (κ1) is 15.8. The van der Waals surface area contributed by atoms with E-state index in [1.807, 2.05) is 67.0 Å². The van der Waals surface area contributed by atoms with Crippen molar-refractivity contribution >= 4 is 24.0 Å². The number of aromatic nitrogens is 2. The van der Waals surface area contributed by atoms with Gasteiger partial charge in [0.2, 0.25) is 0 Å². The summed E-state index contributed by atoms with van der Waals surface area (Å²) < 4.78 is 1.78. The molecule has 0 atom stereocenters. The summed E-state index contributed by atoms with van der Waals surface area (Å²) in [5.41, 5.74) is 1.79. The molecule has 0 unspecified atom stereocenters. The molecule has 0 radical (unpaired) electrons. The molecule has 112 valence electrons. The van der Waals surface area contributed by atoms with Crippen molar-refractivity contribution in [2.75, 3.05) is 5.01 Å². The number of hydrogen-bond donors (Lipinski definition) is 0. The van der Waals surface area contributed by atoms with Gasteiger partial charge < -0.3 is 0 Å². The molecule has 22 heavy (non-hydrogen) atoms. The summed E-state index contributed by atoms with van der Waals surface area (Å²) in [4.78, 5) is 16.7. The maximum absolute atomic E-state index is 12.7. The number of benzene rings is 1. The van der Waals surface area contributed by atoms with Gasteiger partial charge in [-0.25, -0.2) is 5.01 Å². The Balaban J connectivity index is 0.00000176. The average Bonchev–Trinajstić information content (AvgIpc) is 3.03. The minimum Gasteiger partial charge on any atom is -0.272 e. The Morgan fingerprint density at radius 1 is 0.955 bits per heavy atom. The van der Waals surface area contributed by atoms with Gasteiger partial charge in [0.05, 0.1) is 12.1 Å². The second-order valence-corrected chi connectivity index (χ2v) is 4.64. The summed E-state index contributed by atoms with van der Waals surface area (Å²) in [6.45, 7) is 0. The number of pyridine rings is 1. The normalized spacial score (nSPS) is 9.82. The van der Waals surface area contributed by atoms with E-state index in [9.17, 15) is 4.79 Å². The van der Waals surface area contributed by atoms with Crippen LogP contribution in [-0.4, -0.2) is 15.6 Å². The molecule has 0 fully saturated rings. The predicted octanol–water partition coefficient (Wildman–Crippen LogP) is 3.34. The van der Waals surface area contributed by atoms with Crippen molar-refractivity contribution in [3.63, 3.8) is 0 Å². The van der Waals surface area contributed by atoms with Crippen molar-refractivity contribution in [1.82, 2.24) is 9.66 Å². The molecule has 4 nitrogen and oxygen atoms in total. The molecule has 5 heteroatoms. The van der Waals surface area contributed by atoms with Crippen LogP contribution in [0.4, 0.5) is 5.69 Å². The molecule has 0 aliphatic rings. The summed E-state index contributed by atoms with van der Waals surface area (Å²) in [7, 11) is 0. The lowest BCUT2D eigenvalue weighted by atomic mass is 10.1. The van der Waals surface area contributed by atoms with E-state index in [0.717, 1.165) is 11.3 Å². The van der Waals surface area contributed by atoms with Crippen LogP contribution in [0, 0.1) is 0 Å². The van der Waals surface area contributed by atoms with Crippen LogP contribution in [0.25, 0.3) is 0 Å². The summed E-state index contributed by atoms with van der Waals surface area (Å²) in [6, 6.07) is 17.2. The lowest BCUT2D eigenvalue weighted by molar-refractivity contribution is -0.118. The lowest BCUT2D eigenvalue weighted by Gasteiger charge is -2.23. The fraction of sp³-hybridized carbons (Fsp3) is 0.0588. The summed E-state index contributed by atoms with van der Waals surface area (Å²) in [6.07, 6.45) is 7.41. The molecule has 0 spiro atoms. The molecule has 1 aromatic carbocycles. The molecule has 0 bridgehead atoms. The second-order valence-electron chi connectivity index (χ2n) is 4.64. The monoisotopic (exact) mass is 313 g/mol. The van der Waals surface area contributed by atoms with E-state index >= 15 is 0 Å². The molecule has 3 rings (SSSR count). The third kappa shape index (κ3) is 3.54. The Labute approximate surface area is 135 Å². The van der Waals surface area contributed by atoms with Crippen LogP contribution in [0.5, 0.6) is 0 Å². The van der Waals surface area contributed by atoms with Crippen LogP contribution >= 0.6 is 12.4 Å². The smallest absolute Gasteiger partial charge is 0.250 e. The van der Waals surface area contributed by atoms with Crippen LogP contribution in [-0.2, 0) is 11.2 Å². The Kier molecular flexibility index (Phi) is 5.33. The number of carbonyl (C=O) groups excluding carboxylic acids is 1. The molecule has 0 aliphatic heterocycles. The molecule has 0 saturated heterocycles. The van der Waals surface area contributed by atoms with E-state index in [4.69, 9.17) is 0 Å². The van der Waals surface area contributed by atoms with Crippen LogP contribution in [0.15, 0.2) is 79.4 Å². The van der Waals surface area contributed by atoms with Crippen molar-refractivity contribution in [2.45, 2.75) is 6.42 Å². The highest BCUT2D eigenvalue weighted by Gasteiger charge is 2.17. The van der Waals surface area contributed by atoms with Crippen LogP contribution < -0.4 is 5.01 Å². The fourth-order valence-corrected chi connectivity index (χ4v) is 2.20. The van der Waals surface area contributed by atoms with E-state index in [1.165, 1.54) is 0 Å². The zero-order valence-corrected chi connectivity index (χ0v) is 12.7. The number of anilines is 1. The lowest BCUT2D eigenvalue weighted by Crippen LogP contribution is -2.36. The summed E-state index contributed by atoms with van der Waals surface area (Å²) in [5.74, 6) is 0.00333. The van der Waals surface area contributed by atoms with Crippen molar-refractivity contribution in [3.05, 3.63) is 84.9 Å². The van der Waals surface area contributed by atoms with Gasteiger partial charge in [0.1, 0.15) is 0 Å². The highest BCUT2D eigenvalue weighted by molar-refractivity contribution is 5.94. The maximum Gasteiger partial charge on any atom is 0.250 e. The minimum absolute atomic E-state index is 0. The van der Waals surface area contributed by atoms with Crippen LogP contribution in [0.2, 0.25) is 0 Å². The highest BCUT2D eigenvalue weighted by atomic mass is 35.5. The van der Waals surface area contributed by atoms with Crippen molar-refractivity contribution < 1.29 is 4.79 Å². The van der Waals surface area contributed by atoms with Crippen molar-refractivity contribution in [1.29, 1.82) is 0 Å². The average molecular weight is 314 g/mol. The van der Waals surface area contributed by atoms with E-state index in [-0.39, 0.29) is 18.3 Å². The van der Waals surface area contributed by atoms with E-state index in [1.54, 1.807) is 22.1 Å². The molecular formula is C17H16ClN3O. The van der Waals surface area contributed by atoms with Gasteiger partial charge in [-0.1, -0.05) is 30.3 Å². The van der Waals surface area contributed by atoms with E-state index in [0.29, 0.717) is 6.42 Å². The van der Waals surface area contributed by atoms with E-state index in [2.05, 4.69) is 4.98 Å². The van der Waals surface area contributed by atoms with Gasteiger partial charge in [0.15, 0.2) is 0 Å². The van der Waals surface area contributed by atoms with E-state index < -0.39 is 0 Å². The number of halogens is 1. The predicted molar refractivity (Wildman–Crippen MR) is 88.9 cm³/mol. The van der Waals surface area contributed by atoms with Gasteiger partial charge in [-0.15, -0.1) is 12.4 Å². The molecule has 0 aliphatic carbocycles. The number of hydrogen-bond acceptors (Lipinski definition) is 2. The quantitative estimate of drug-likeness (QED) is 0.741. The largest absolute Gasteiger partial charge is 0.272 e.